The molecule has 0 saturated heterocycles. The Labute approximate surface area is 191 Å². The van der Waals surface area contributed by atoms with E-state index in [4.69, 9.17) is 0 Å². The fraction of sp³-hybridized carbons (Fsp3) is 0.308. The minimum Gasteiger partial charge on any atom is -0.507 e. The predicted octanol–water partition coefficient (Wildman–Crippen LogP) is 7.96. The number of fused-ring (bicyclic) bond motifs is 2. The van der Waals surface area contributed by atoms with Crippen LogP contribution in [0.4, 0.5) is 0 Å². The van der Waals surface area contributed by atoms with Crippen molar-refractivity contribution in [3.63, 3.8) is 0 Å². The molecule has 4 rings (SSSR count). The molecule has 2 nitrogen and oxygen atoms in total. The summed E-state index contributed by atoms with van der Waals surface area (Å²) in [6.07, 6.45) is 0. The number of phenolic OH excluding ortho intramolecular Hbond substituents is 1. The van der Waals surface area contributed by atoms with Crippen LogP contribution in [0, 0.1) is 20.8 Å². The summed E-state index contributed by atoms with van der Waals surface area (Å²) in [6.45, 7) is 13.8. The van der Waals surface area contributed by atoms with Gasteiger partial charge in [-0.05, 0) is 101 Å². The molecular formula is C26H28BrNOS. The second-order valence-corrected chi connectivity index (χ2v) is 9.91. The molecule has 0 aliphatic rings. The normalized spacial score (nSPS) is 11.8. The van der Waals surface area contributed by atoms with Gasteiger partial charge in [0.2, 0.25) is 0 Å². The van der Waals surface area contributed by atoms with Crippen LogP contribution >= 0.6 is 27.3 Å². The summed E-state index contributed by atoms with van der Waals surface area (Å²) in [4.78, 5) is 3.90. The van der Waals surface area contributed by atoms with E-state index in [-0.39, 0.29) is 0 Å². The maximum Gasteiger partial charge on any atom is 0.121 e. The van der Waals surface area contributed by atoms with Gasteiger partial charge < -0.3 is 5.11 Å². The van der Waals surface area contributed by atoms with Crippen molar-refractivity contribution in [1.29, 1.82) is 0 Å². The Morgan fingerprint density at radius 1 is 0.967 bits per heavy atom. The molecule has 0 aliphatic heterocycles. The molecular weight excluding hydrogens is 454 g/mol. The third-order valence-corrected chi connectivity index (χ3v) is 8.55. The van der Waals surface area contributed by atoms with Gasteiger partial charge in [0.25, 0.3) is 0 Å². The number of rotatable bonds is 5. The van der Waals surface area contributed by atoms with Crippen molar-refractivity contribution in [3.8, 4) is 16.9 Å². The lowest BCUT2D eigenvalue weighted by Crippen LogP contribution is -2.21. The first-order valence-electron chi connectivity index (χ1n) is 10.5. The van der Waals surface area contributed by atoms with Crippen molar-refractivity contribution in [2.24, 2.45) is 0 Å². The third kappa shape index (κ3) is 3.45. The van der Waals surface area contributed by atoms with Gasteiger partial charge in [0.15, 0.2) is 0 Å². The number of benzene rings is 3. The van der Waals surface area contributed by atoms with Crippen LogP contribution in [-0.2, 0) is 6.54 Å². The SMILES string of the molecule is CCN(CC)Cc1sc2c(Br)c3ccccc3c(-c3cc(C)c(O)c(C)c3)c2c1C. The molecule has 0 radical (unpaired) electrons. The summed E-state index contributed by atoms with van der Waals surface area (Å²) in [6, 6.07) is 12.9. The van der Waals surface area contributed by atoms with Crippen LogP contribution in [0.1, 0.15) is 35.4 Å². The van der Waals surface area contributed by atoms with Crippen LogP contribution in [0.5, 0.6) is 5.75 Å². The van der Waals surface area contributed by atoms with Crippen LogP contribution in [0.25, 0.3) is 32.0 Å². The van der Waals surface area contributed by atoms with Crippen molar-refractivity contribution in [2.75, 3.05) is 13.1 Å². The summed E-state index contributed by atoms with van der Waals surface area (Å²) < 4.78 is 2.50. The van der Waals surface area contributed by atoms with E-state index >= 15 is 0 Å². The van der Waals surface area contributed by atoms with E-state index in [1.807, 2.05) is 25.2 Å². The van der Waals surface area contributed by atoms with E-state index in [2.05, 4.69) is 78.0 Å². The standard InChI is InChI=1S/C26H28BrNOS/c1-6-28(7-2)14-21-17(5)22-23(18-12-15(3)25(29)16(4)13-18)19-10-8-9-11-20(19)24(27)26(22)30-21/h8-13,29H,6-7,14H2,1-5H3. The molecule has 0 aliphatic carbocycles. The lowest BCUT2D eigenvalue weighted by atomic mass is 9.91. The molecule has 0 fully saturated rings. The number of aromatic hydroxyl groups is 1. The Kier molecular flexibility index (Phi) is 5.93. The zero-order valence-corrected chi connectivity index (χ0v) is 20.7. The fourth-order valence-electron chi connectivity index (χ4n) is 4.37. The molecule has 0 unspecified atom stereocenters. The van der Waals surface area contributed by atoms with Crippen molar-refractivity contribution >= 4 is 48.1 Å². The van der Waals surface area contributed by atoms with E-state index in [9.17, 15) is 5.11 Å². The summed E-state index contributed by atoms with van der Waals surface area (Å²) >= 11 is 5.84. The van der Waals surface area contributed by atoms with Crippen LogP contribution in [0.15, 0.2) is 40.9 Å². The highest BCUT2D eigenvalue weighted by atomic mass is 79.9. The number of hydrogen-bond donors (Lipinski definition) is 1. The molecule has 0 saturated carbocycles. The molecule has 0 spiro atoms. The molecule has 1 N–H and O–H groups in total. The first kappa shape index (κ1) is 21.4. The van der Waals surface area contributed by atoms with Crippen LogP contribution in [0.3, 0.4) is 0 Å². The minimum absolute atomic E-state index is 0.390. The minimum atomic E-state index is 0.390. The van der Waals surface area contributed by atoms with E-state index in [0.29, 0.717) is 5.75 Å². The van der Waals surface area contributed by atoms with Gasteiger partial charge in [-0.2, -0.15) is 0 Å². The first-order chi connectivity index (χ1) is 14.4. The van der Waals surface area contributed by atoms with Crippen molar-refractivity contribution in [1.82, 2.24) is 4.90 Å². The molecule has 156 valence electrons. The Balaban J connectivity index is 2.11. The lowest BCUT2D eigenvalue weighted by molar-refractivity contribution is 0.298. The van der Waals surface area contributed by atoms with Gasteiger partial charge in [0.1, 0.15) is 5.75 Å². The zero-order chi connectivity index (χ0) is 21.6. The highest BCUT2D eigenvalue weighted by Gasteiger charge is 2.21. The van der Waals surface area contributed by atoms with Gasteiger partial charge in [-0.3, -0.25) is 4.90 Å². The summed E-state index contributed by atoms with van der Waals surface area (Å²) in [5.41, 5.74) is 5.65. The largest absolute Gasteiger partial charge is 0.507 e. The third-order valence-electron chi connectivity index (χ3n) is 6.17. The van der Waals surface area contributed by atoms with Crippen LogP contribution < -0.4 is 0 Å². The molecule has 3 aromatic carbocycles. The Bertz CT molecular complexity index is 1230. The maximum atomic E-state index is 10.3. The van der Waals surface area contributed by atoms with Crippen LogP contribution in [0.2, 0.25) is 0 Å². The average Bonchev–Trinajstić information content (AvgIpc) is 3.06. The molecule has 30 heavy (non-hydrogen) atoms. The molecule has 1 aromatic heterocycles. The molecule has 0 bridgehead atoms. The van der Waals surface area contributed by atoms with E-state index in [0.717, 1.165) is 30.8 Å². The Morgan fingerprint density at radius 2 is 1.57 bits per heavy atom. The predicted molar refractivity (Wildman–Crippen MR) is 135 cm³/mol. The number of aryl methyl sites for hydroxylation is 3. The summed E-state index contributed by atoms with van der Waals surface area (Å²) in [7, 11) is 0. The fourth-order valence-corrected chi connectivity index (χ4v) is 6.46. The number of nitrogens with zero attached hydrogens (tertiary/aromatic N) is 1. The number of halogens is 1. The molecule has 0 amide bonds. The van der Waals surface area contributed by atoms with E-state index in [1.54, 1.807) is 0 Å². The molecule has 1 heterocycles. The van der Waals surface area contributed by atoms with Gasteiger partial charge in [0, 0.05) is 21.3 Å². The number of thiophene rings is 1. The highest BCUT2D eigenvalue weighted by molar-refractivity contribution is 9.11. The quantitative estimate of drug-likeness (QED) is 0.312. The van der Waals surface area contributed by atoms with Crippen molar-refractivity contribution < 1.29 is 5.11 Å². The smallest absolute Gasteiger partial charge is 0.121 e. The monoisotopic (exact) mass is 481 g/mol. The molecule has 4 heteroatoms. The van der Waals surface area contributed by atoms with Crippen LogP contribution in [-0.4, -0.2) is 23.1 Å². The second-order valence-electron chi connectivity index (χ2n) is 8.01. The summed E-state index contributed by atoms with van der Waals surface area (Å²) in [5.74, 6) is 0.390. The Hall–Kier alpha value is -1.88. The number of hydrogen-bond acceptors (Lipinski definition) is 3. The molecule has 4 aromatic rings. The average molecular weight is 482 g/mol. The lowest BCUT2D eigenvalue weighted by Gasteiger charge is -2.17. The highest BCUT2D eigenvalue weighted by Crippen LogP contribution is 2.48. The Morgan fingerprint density at radius 3 is 2.17 bits per heavy atom. The molecule has 0 atom stereocenters. The van der Waals surface area contributed by atoms with E-state index in [1.165, 1.54) is 46.9 Å². The van der Waals surface area contributed by atoms with Crippen molar-refractivity contribution in [2.45, 2.75) is 41.2 Å². The van der Waals surface area contributed by atoms with Gasteiger partial charge in [-0.25, -0.2) is 0 Å². The second kappa shape index (κ2) is 8.33. The van der Waals surface area contributed by atoms with Gasteiger partial charge in [0.05, 0.1) is 4.70 Å². The van der Waals surface area contributed by atoms with E-state index < -0.39 is 0 Å². The maximum absolute atomic E-state index is 10.3. The summed E-state index contributed by atoms with van der Waals surface area (Å²) in [5, 5.41) is 14.2. The number of phenols is 1. The zero-order valence-electron chi connectivity index (χ0n) is 18.3. The topological polar surface area (TPSA) is 23.5 Å². The van der Waals surface area contributed by atoms with Gasteiger partial charge in [-0.15, -0.1) is 11.3 Å². The first-order valence-corrected chi connectivity index (χ1v) is 12.1. The van der Waals surface area contributed by atoms with Crippen molar-refractivity contribution in [3.05, 3.63) is 62.4 Å². The van der Waals surface area contributed by atoms with Gasteiger partial charge in [-0.1, -0.05) is 38.1 Å². The van der Waals surface area contributed by atoms with Gasteiger partial charge >= 0.3 is 0 Å².